The summed E-state index contributed by atoms with van der Waals surface area (Å²) < 4.78 is 30.7. The molecule has 0 saturated heterocycles. The lowest BCUT2D eigenvalue weighted by Gasteiger charge is -2.20. The maximum atomic E-state index is 13.7. The van der Waals surface area contributed by atoms with Crippen molar-refractivity contribution in [3.63, 3.8) is 0 Å². The average molecular weight is 257 g/mol. The van der Waals surface area contributed by atoms with E-state index in [4.69, 9.17) is 4.74 Å². The normalized spacial score (nSPS) is 11.6. The zero-order valence-electron chi connectivity index (χ0n) is 11.2. The molecule has 0 spiro atoms. The van der Waals surface area contributed by atoms with E-state index in [1.807, 2.05) is 6.07 Å². The summed E-state index contributed by atoms with van der Waals surface area (Å²) in [5.74, 6) is -0.218. The van der Waals surface area contributed by atoms with Gasteiger partial charge in [0, 0.05) is 18.5 Å². The molecule has 0 heterocycles. The van der Waals surface area contributed by atoms with Crippen LogP contribution in [0, 0.1) is 5.82 Å². The number of hydrogen-bond donors (Lipinski definition) is 1. The lowest BCUT2D eigenvalue weighted by molar-refractivity contribution is 0.277. The van der Waals surface area contributed by atoms with Crippen LogP contribution < -0.4 is 10.1 Å². The molecule has 0 amide bonds. The zero-order valence-corrected chi connectivity index (χ0v) is 11.2. The highest BCUT2D eigenvalue weighted by molar-refractivity contribution is 5.29. The summed E-state index contributed by atoms with van der Waals surface area (Å²) in [4.78, 5) is 0. The molecule has 1 aromatic rings. The molecule has 0 radical (unpaired) electrons. The van der Waals surface area contributed by atoms with Crippen LogP contribution >= 0.6 is 0 Å². The maximum absolute atomic E-state index is 13.7. The van der Waals surface area contributed by atoms with E-state index in [-0.39, 0.29) is 24.3 Å². The van der Waals surface area contributed by atoms with Gasteiger partial charge in [-0.2, -0.15) is 0 Å². The van der Waals surface area contributed by atoms with E-state index in [1.165, 1.54) is 6.07 Å². The predicted octanol–water partition coefficient (Wildman–Crippen LogP) is 3.45. The van der Waals surface area contributed by atoms with Crippen molar-refractivity contribution in [2.45, 2.75) is 39.3 Å². The third-order valence-electron chi connectivity index (χ3n) is 2.35. The minimum Gasteiger partial charge on any atom is -0.490 e. The van der Waals surface area contributed by atoms with Gasteiger partial charge in [0.05, 0.1) is 13.3 Å². The number of alkyl halides is 1. The minimum atomic E-state index is -0.449. The van der Waals surface area contributed by atoms with Gasteiger partial charge in [0.1, 0.15) is 0 Å². The molecule has 0 aliphatic rings. The zero-order chi connectivity index (χ0) is 13.6. The Kier molecular flexibility index (Phi) is 5.54. The Morgan fingerprint density at radius 2 is 2.00 bits per heavy atom. The van der Waals surface area contributed by atoms with E-state index in [0.717, 1.165) is 5.56 Å². The molecule has 4 heteroatoms. The van der Waals surface area contributed by atoms with Gasteiger partial charge in [-0.3, -0.25) is 4.39 Å². The summed E-state index contributed by atoms with van der Waals surface area (Å²) in [6, 6.07) is 4.85. The molecule has 1 aromatic carbocycles. The van der Waals surface area contributed by atoms with Crippen molar-refractivity contribution in [3.05, 3.63) is 29.6 Å². The second kappa shape index (κ2) is 6.69. The first-order valence-corrected chi connectivity index (χ1v) is 6.14. The summed E-state index contributed by atoms with van der Waals surface area (Å²) in [6.45, 7) is 6.51. The van der Waals surface area contributed by atoms with Crippen molar-refractivity contribution in [1.82, 2.24) is 5.32 Å². The van der Waals surface area contributed by atoms with E-state index >= 15 is 0 Å². The quantitative estimate of drug-likeness (QED) is 0.788. The minimum absolute atomic E-state index is 0.00717. The summed E-state index contributed by atoms with van der Waals surface area (Å²) >= 11 is 0. The molecule has 0 aliphatic heterocycles. The van der Waals surface area contributed by atoms with Crippen LogP contribution in [0.25, 0.3) is 0 Å². The fraction of sp³-hybridized carbons (Fsp3) is 0.571. The molecule has 2 nitrogen and oxygen atoms in total. The van der Waals surface area contributed by atoms with Crippen molar-refractivity contribution in [1.29, 1.82) is 0 Å². The van der Waals surface area contributed by atoms with Gasteiger partial charge in [0.25, 0.3) is 0 Å². The maximum Gasteiger partial charge on any atom is 0.165 e. The fourth-order valence-electron chi connectivity index (χ4n) is 1.38. The third kappa shape index (κ3) is 5.45. The Bertz CT molecular complexity index is 375. The molecule has 0 atom stereocenters. The molecule has 0 bridgehead atoms. The smallest absolute Gasteiger partial charge is 0.165 e. The Morgan fingerprint density at radius 1 is 1.28 bits per heavy atom. The van der Waals surface area contributed by atoms with Crippen LogP contribution in [0.2, 0.25) is 0 Å². The first-order valence-electron chi connectivity index (χ1n) is 6.14. The Balaban J connectivity index is 2.56. The van der Waals surface area contributed by atoms with Crippen molar-refractivity contribution < 1.29 is 13.5 Å². The Hall–Kier alpha value is -1.16. The van der Waals surface area contributed by atoms with Gasteiger partial charge >= 0.3 is 0 Å². The number of rotatable bonds is 6. The van der Waals surface area contributed by atoms with E-state index in [9.17, 15) is 8.78 Å². The van der Waals surface area contributed by atoms with Crippen LogP contribution in [-0.2, 0) is 6.54 Å². The lowest BCUT2D eigenvalue weighted by atomic mass is 10.1. The van der Waals surface area contributed by atoms with Crippen LogP contribution in [0.4, 0.5) is 8.78 Å². The van der Waals surface area contributed by atoms with Crippen LogP contribution in [0.15, 0.2) is 18.2 Å². The highest BCUT2D eigenvalue weighted by Gasteiger charge is 2.10. The molecule has 1 rings (SSSR count). The number of ether oxygens (including phenoxy) is 1. The van der Waals surface area contributed by atoms with Crippen LogP contribution in [0.3, 0.4) is 0 Å². The average Bonchev–Trinajstić information content (AvgIpc) is 2.28. The first kappa shape index (κ1) is 14.9. The van der Waals surface area contributed by atoms with Gasteiger partial charge < -0.3 is 10.1 Å². The third-order valence-corrected chi connectivity index (χ3v) is 2.35. The van der Waals surface area contributed by atoms with Gasteiger partial charge in [-0.25, -0.2) is 4.39 Å². The fourth-order valence-corrected chi connectivity index (χ4v) is 1.38. The van der Waals surface area contributed by atoms with Gasteiger partial charge in [-0.05, 0) is 38.5 Å². The van der Waals surface area contributed by atoms with E-state index < -0.39 is 12.5 Å². The molecular weight excluding hydrogens is 236 g/mol. The molecule has 0 fully saturated rings. The second-order valence-corrected chi connectivity index (χ2v) is 5.26. The van der Waals surface area contributed by atoms with Crippen molar-refractivity contribution in [3.8, 4) is 5.75 Å². The number of nitrogens with one attached hydrogen (secondary N) is 1. The van der Waals surface area contributed by atoms with E-state index in [2.05, 4.69) is 26.1 Å². The van der Waals surface area contributed by atoms with Crippen LogP contribution in [0.5, 0.6) is 5.75 Å². The number of benzene rings is 1. The Morgan fingerprint density at radius 3 is 2.56 bits per heavy atom. The first-order chi connectivity index (χ1) is 8.42. The van der Waals surface area contributed by atoms with Crippen molar-refractivity contribution in [2.24, 2.45) is 0 Å². The molecule has 0 unspecified atom stereocenters. The molecule has 0 aromatic heterocycles. The van der Waals surface area contributed by atoms with Gasteiger partial charge in [0.15, 0.2) is 11.6 Å². The van der Waals surface area contributed by atoms with Crippen LogP contribution in [-0.4, -0.2) is 18.8 Å². The molecule has 0 aliphatic carbocycles. The van der Waals surface area contributed by atoms with Gasteiger partial charge in [-0.15, -0.1) is 0 Å². The number of hydrogen-bond acceptors (Lipinski definition) is 2. The van der Waals surface area contributed by atoms with E-state index in [1.54, 1.807) is 6.07 Å². The monoisotopic (exact) mass is 257 g/mol. The SMILES string of the molecule is CC(C)(C)NCc1ccc(OCCCF)c(F)c1. The lowest BCUT2D eigenvalue weighted by Crippen LogP contribution is -2.35. The standard InChI is InChI=1S/C14H21F2NO/c1-14(2,3)17-10-11-5-6-13(12(16)9-11)18-8-4-7-15/h5-6,9,17H,4,7-8,10H2,1-3H3. The van der Waals surface area contributed by atoms with Crippen molar-refractivity contribution >= 4 is 0 Å². The highest BCUT2D eigenvalue weighted by Crippen LogP contribution is 2.19. The molecule has 102 valence electrons. The highest BCUT2D eigenvalue weighted by atomic mass is 19.1. The molecule has 1 N–H and O–H groups in total. The van der Waals surface area contributed by atoms with Crippen molar-refractivity contribution in [2.75, 3.05) is 13.3 Å². The van der Waals surface area contributed by atoms with Crippen LogP contribution in [0.1, 0.15) is 32.8 Å². The summed E-state index contributed by atoms with van der Waals surface area (Å²) in [5.41, 5.74) is 0.854. The molecule has 0 saturated carbocycles. The van der Waals surface area contributed by atoms with Gasteiger partial charge in [-0.1, -0.05) is 6.07 Å². The van der Waals surface area contributed by atoms with E-state index in [0.29, 0.717) is 6.54 Å². The summed E-state index contributed by atoms with van der Waals surface area (Å²) in [6.07, 6.45) is 0.284. The molecule has 18 heavy (non-hydrogen) atoms. The Labute approximate surface area is 107 Å². The molecular formula is C14H21F2NO. The summed E-state index contributed by atoms with van der Waals surface area (Å²) in [5, 5.41) is 3.28. The second-order valence-electron chi connectivity index (χ2n) is 5.26. The summed E-state index contributed by atoms with van der Waals surface area (Å²) in [7, 11) is 0. The number of halogens is 2. The largest absolute Gasteiger partial charge is 0.490 e. The van der Waals surface area contributed by atoms with Gasteiger partial charge in [0.2, 0.25) is 0 Å². The topological polar surface area (TPSA) is 21.3 Å². The predicted molar refractivity (Wildman–Crippen MR) is 69.1 cm³/mol.